The summed E-state index contributed by atoms with van der Waals surface area (Å²) in [6, 6.07) is 9.98. The fourth-order valence-electron chi connectivity index (χ4n) is 3.26. The summed E-state index contributed by atoms with van der Waals surface area (Å²) in [5, 5.41) is 20.0. The molecule has 0 radical (unpaired) electrons. The third kappa shape index (κ3) is 2.14. The van der Waals surface area contributed by atoms with Gasteiger partial charge < -0.3 is 9.84 Å². The van der Waals surface area contributed by atoms with Gasteiger partial charge in [-0.1, -0.05) is 12.1 Å². The third-order valence-corrected chi connectivity index (χ3v) is 4.45. The molecule has 2 atom stereocenters. The molecule has 19 heavy (non-hydrogen) atoms. The van der Waals surface area contributed by atoms with Gasteiger partial charge in [-0.15, -0.1) is 0 Å². The smallest absolute Gasteiger partial charge is 0.0991 e. The second kappa shape index (κ2) is 4.61. The zero-order chi connectivity index (χ0) is 13.5. The molecule has 0 aromatic heterocycles. The van der Waals surface area contributed by atoms with Gasteiger partial charge in [0.05, 0.1) is 30.4 Å². The van der Waals surface area contributed by atoms with E-state index in [9.17, 15) is 5.11 Å². The number of morpholine rings is 1. The van der Waals surface area contributed by atoms with E-state index in [-0.39, 0.29) is 12.1 Å². The minimum absolute atomic E-state index is 0.253. The van der Waals surface area contributed by atoms with Gasteiger partial charge in [0.25, 0.3) is 0 Å². The van der Waals surface area contributed by atoms with Crippen molar-refractivity contribution in [2.45, 2.75) is 30.5 Å². The molecular formula is C15H18N2O2. The predicted molar refractivity (Wildman–Crippen MR) is 70.4 cm³/mol. The van der Waals surface area contributed by atoms with Crippen LogP contribution in [0.3, 0.4) is 0 Å². The summed E-state index contributed by atoms with van der Waals surface area (Å²) in [5.74, 6) is 0. The Morgan fingerprint density at radius 2 is 2.05 bits per heavy atom. The largest absolute Gasteiger partial charge is 0.385 e. The number of ether oxygens (including phenoxy) is 1. The highest BCUT2D eigenvalue weighted by molar-refractivity contribution is 5.36. The molecule has 2 unspecified atom stereocenters. The van der Waals surface area contributed by atoms with Crippen molar-refractivity contribution >= 4 is 0 Å². The summed E-state index contributed by atoms with van der Waals surface area (Å²) in [5.41, 5.74) is 0.626. The lowest BCUT2D eigenvalue weighted by molar-refractivity contribution is -0.137. The Morgan fingerprint density at radius 3 is 2.68 bits per heavy atom. The number of piperidine rings is 1. The Kier molecular flexibility index (Phi) is 3.06. The maximum Gasteiger partial charge on any atom is 0.0991 e. The van der Waals surface area contributed by atoms with Crippen LogP contribution < -0.4 is 0 Å². The van der Waals surface area contributed by atoms with Gasteiger partial charge in [0.1, 0.15) is 0 Å². The Labute approximate surface area is 113 Å². The van der Waals surface area contributed by atoms with Crippen molar-refractivity contribution in [3.8, 4) is 6.07 Å². The number of rotatable bonds is 1. The number of nitrogens with zero attached hydrogens (tertiary/aromatic N) is 2. The first-order valence-corrected chi connectivity index (χ1v) is 6.65. The van der Waals surface area contributed by atoms with E-state index in [1.807, 2.05) is 18.2 Å². The fraction of sp³-hybridized carbons (Fsp3) is 0.533. The summed E-state index contributed by atoms with van der Waals surface area (Å²) in [4.78, 5) is 2.31. The highest BCUT2D eigenvalue weighted by atomic mass is 16.5. The molecule has 3 rings (SSSR count). The molecule has 2 aliphatic heterocycles. The number of hydrogen-bond acceptors (Lipinski definition) is 4. The van der Waals surface area contributed by atoms with Crippen LogP contribution in [0.15, 0.2) is 24.3 Å². The Bertz CT molecular complexity index is 509. The first-order valence-electron chi connectivity index (χ1n) is 6.65. The topological polar surface area (TPSA) is 56.5 Å². The summed E-state index contributed by atoms with van der Waals surface area (Å²) in [6.07, 6.45) is 1.32. The van der Waals surface area contributed by atoms with E-state index < -0.39 is 5.60 Å². The average molecular weight is 258 g/mol. The van der Waals surface area contributed by atoms with E-state index in [4.69, 9.17) is 10.00 Å². The molecule has 0 saturated carbocycles. The minimum Gasteiger partial charge on any atom is -0.385 e. The highest BCUT2D eigenvalue weighted by Crippen LogP contribution is 2.40. The van der Waals surface area contributed by atoms with E-state index in [0.717, 1.165) is 5.56 Å². The summed E-state index contributed by atoms with van der Waals surface area (Å²) in [7, 11) is 2.10. The summed E-state index contributed by atoms with van der Waals surface area (Å²) >= 11 is 0. The Hall–Kier alpha value is -1.41. The quantitative estimate of drug-likeness (QED) is 0.823. The van der Waals surface area contributed by atoms with Crippen molar-refractivity contribution in [3.63, 3.8) is 0 Å². The first-order chi connectivity index (χ1) is 9.12. The Morgan fingerprint density at radius 1 is 1.37 bits per heavy atom. The molecule has 4 heteroatoms. The van der Waals surface area contributed by atoms with Crippen molar-refractivity contribution in [2.75, 3.05) is 20.3 Å². The lowest BCUT2D eigenvalue weighted by Gasteiger charge is -2.50. The van der Waals surface area contributed by atoms with Crippen LogP contribution in [0.2, 0.25) is 0 Å². The standard InChI is InChI=1S/C15H18N2O2/c1-17-13-6-15(18,7-14(17)10-19-9-13)12-4-2-3-11(5-12)8-16/h2-5,13-14,18H,6-7,9-10H2,1H3. The van der Waals surface area contributed by atoms with Gasteiger partial charge in [0.15, 0.2) is 0 Å². The lowest BCUT2D eigenvalue weighted by atomic mass is 9.77. The number of aliphatic hydroxyl groups is 1. The molecule has 100 valence electrons. The van der Waals surface area contributed by atoms with Crippen LogP contribution in [0.1, 0.15) is 24.0 Å². The molecule has 1 N–H and O–H groups in total. The van der Waals surface area contributed by atoms with Gasteiger partial charge in [0, 0.05) is 12.1 Å². The molecule has 2 bridgehead atoms. The average Bonchev–Trinajstić information content (AvgIpc) is 2.41. The molecule has 2 saturated heterocycles. The predicted octanol–water partition coefficient (Wildman–Crippen LogP) is 1.24. The second-order valence-electron chi connectivity index (χ2n) is 5.64. The second-order valence-corrected chi connectivity index (χ2v) is 5.64. The summed E-state index contributed by atoms with van der Waals surface area (Å²) < 4.78 is 5.58. The monoisotopic (exact) mass is 258 g/mol. The van der Waals surface area contributed by atoms with Gasteiger partial charge in [0.2, 0.25) is 0 Å². The van der Waals surface area contributed by atoms with E-state index in [0.29, 0.717) is 31.6 Å². The van der Waals surface area contributed by atoms with Crippen molar-refractivity contribution < 1.29 is 9.84 Å². The minimum atomic E-state index is -0.835. The van der Waals surface area contributed by atoms with Crippen LogP contribution in [-0.4, -0.2) is 42.4 Å². The maximum absolute atomic E-state index is 11.0. The SMILES string of the molecule is CN1C2COCC1CC(O)(c1cccc(C#N)c1)C2. The van der Waals surface area contributed by atoms with Crippen LogP contribution >= 0.6 is 0 Å². The zero-order valence-electron chi connectivity index (χ0n) is 11.0. The van der Waals surface area contributed by atoms with E-state index >= 15 is 0 Å². The third-order valence-electron chi connectivity index (χ3n) is 4.45. The van der Waals surface area contributed by atoms with Crippen LogP contribution in [-0.2, 0) is 10.3 Å². The van der Waals surface area contributed by atoms with Crippen molar-refractivity contribution in [3.05, 3.63) is 35.4 Å². The number of nitriles is 1. The number of hydrogen-bond donors (Lipinski definition) is 1. The van der Waals surface area contributed by atoms with Crippen molar-refractivity contribution in [2.24, 2.45) is 0 Å². The molecule has 0 amide bonds. The van der Waals surface area contributed by atoms with Crippen LogP contribution in [0.5, 0.6) is 0 Å². The first kappa shape index (κ1) is 12.6. The molecule has 4 nitrogen and oxygen atoms in total. The van der Waals surface area contributed by atoms with E-state index in [1.165, 1.54) is 0 Å². The zero-order valence-corrected chi connectivity index (χ0v) is 11.0. The van der Waals surface area contributed by atoms with Gasteiger partial charge >= 0.3 is 0 Å². The summed E-state index contributed by atoms with van der Waals surface area (Å²) in [6.45, 7) is 1.35. The molecular weight excluding hydrogens is 240 g/mol. The van der Waals surface area contributed by atoms with E-state index in [2.05, 4.69) is 18.0 Å². The van der Waals surface area contributed by atoms with Gasteiger partial charge in [-0.2, -0.15) is 5.26 Å². The van der Waals surface area contributed by atoms with Crippen LogP contribution in [0.25, 0.3) is 0 Å². The van der Waals surface area contributed by atoms with Gasteiger partial charge in [-0.3, -0.25) is 4.90 Å². The van der Waals surface area contributed by atoms with Crippen molar-refractivity contribution in [1.29, 1.82) is 5.26 Å². The molecule has 2 aliphatic rings. The van der Waals surface area contributed by atoms with Gasteiger partial charge in [-0.05, 0) is 37.6 Å². The fourth-order valence-corrected chi connectivity index (χ4v) is 3.26. The Balaban J connectivity index is 1.93. The molecule has 2 fully saturated rings. The number of benzene rings is 1. The van der Waals surface area contributed by atoms with Gasteiger partial charge in [-0.25, -0.2) is 0 Å². The lowest BCUT2D eigenvalue weighted by Crippen LogP contribution is -2.59. The molecule has 2 heterocycles. The van der Waals surface area contributed by atoms with Crippen molar-refractivity contribution in [1.82, 2.24) is 4.90 Å². The molecule has 0 spiro atoms. The molecule has 1 aromatic rings. The number of likely N-dealkylation sites (N-methyl/N-ethyl adjacent to an activating group) is 1. The van der Waals surface area contributed by atoms with E-state index in [1.54, 1.807) is 6.07 Å². The van der Waals surface area contributed by atoms with Crippen LogP contribution in [0.4, 0.5) is 0 Å². The number of fused-ring (bicyclic) bond motifs is 2. The molecule has 1 aromatic carbocycles. The maximum atomic E-state index is 11.0. The molecule has 0 aliphatic carbocycles. The van der Waals surface area contributed by atoms with Crippen LogP contribution in [0, 0.1) is 11.3 Å². The normalized spacial score (nSPS) is 34.8. The highest BCUT2D eigenvalue weighted by Gasteiger charge is 2.45.